The molecule has 0 saturated carbocycles. The van der Waals surface area contributed by atoms with Crippen LogP contribution in [0.25, 0.3) is 0 Å². The Morgan fingerprint density at radius 2 is 1.85 bits per heavy atom. The maximum atomic E-state index is 12.4. The van der Waals surface area contributed by atoms with Crippen LogP contribution in [0.4, 0.5) is 11.4 Å². The molecule has 0 aliphatic rings. The minimum Gasteiger partial charge on any atom is -0.321 e. The summed E-state index contributed by atoms with van der Waals surface area (Å²) < 4.78 is 0. The molecule has 2 rings (SSSR count). The number of quaternary nitrogens is 1. The van der Waals surface area contributed by atoms with E-state index in [1.165, 1.54) is 0 Å². The molecule has 0 fully saturated rings. The molecule has 0 bridgehead atoms. The maximum Gasteiger partial charge on any atom is 0.282 e. The van der Waals surface area contributed by atoms with Gasteiger partial charge in [-0.1, -0.05) is 18.2 Å². The molecule has 27 heavy (non-hydrogen) atoms. The molecule has 6 nitrogen and oxygen atoms in total. The Hall–Kier alpha value is -3.17. The van der Waals surface area contributed by atoms with Crippen LogP contribution in [0.15, 0.2) is 42.5 Å². The van der Waals surface area contributed by atoms with Gasteiger partial charge in [-0.25, -0.2) is 0 Å². The summed E-state index contributed by atoms with van der Waals surface area (Å²) in [5.74, 6) is -0.352. The highest BCUT2D eigenvalue weighted by Crippen LogP contribution is 2.17. The van der Waals surface area contributed by atoms with Crippen LogP contribution in [-0.2, 0) is 9.59 Å². The van der Waals surface area contributed by atoms with E-state index in [4.69, 9.17) is 5.26 Å². The van der Waals surface area contributed by atoms with Gasteiger partial charge >= 0.3 is 0 Å². The molecule has 1 unspecified atom stereocenters. The first-order valence-electron chi connectivity index (χ1n) is 8.81. The smallest absolute Gasteiger partial charge is 0.282 e. The van der Waals surface area contributed by atoms with E-state index < -0.39 is 6.04 Å². The first kappa shape index (κ1) is 20.1. The van der Waals surface area contributed by atoms with E-state index >= 15 is 0 Å². The third-order valence-corrected chi connectivity index (χ3v) is 4.71. The summed E-state index contributed by atoms with van der Waals surface area (Å²) in [6.07, 6.45) is 0. The third-order valence-electron chi connectivity index (χ3n) is 4.71. The summed E-state index contributed by atoms with van der Waals surface area (Å²) in [4.78, 5) is 25.6. The molecular formula is C21H25N4O2+. The quantitative estimate of drug-likeness (QED) is 0.728. The van der Waals surface area contributed by atoms with Crippen molar-refractivity contribution in [2.75, 3.05) is 24.2 Å². The lowest BCUT2D eigenvalue weighted by atomic mass is 10.1. The molecule has 0 heterocycles. The number of benzene rings is 2. The fourth-order valence-electron chi connectivity index (χ4n) is 2.63. The zero-order valence-electron chi connectivity index (χ0n) is 16.1. The molecule has 0 aliphatic heterocycles. The van der Waals surface area contributed by atoms with Crippen LogP contribution in [-0.4, -0.2) is 31.4 Å². The van der Waals surface area contributed by atoms with Crippen molar-refractivity contribution in [1.29, 1.82) is 5.26 Å². The van der Waals surface area contributed by atoms with Gasteiger partial charge in [-0.05, 0) is 56.2 Å². The summed E-state index contributed by atoms with van der Waals surface area (Å²) in [5.41, 5.74) is 3.98. The highest BCUT2D eigenvalue weighted by Gasteiger charge is 2.24. The average Bonchev–Trinajstić information content (AvgIpc) is 2.64. The molecule has 2 aromatic rings. The number of aryl methyl sites for hydroxylation is 1. The van der Waals surface area contributed by atoms with Gasteiger partial charge in [0.15, 0.2) is 12.6 Å². The predicted octanol–water partition coefficient (Wildman–Crippen LogP) is 1.66. The molecule has 0 spiro atoms. The van der Waals surface area contributed by atoms with Crippen molar-refractivity contribution in [2.45, 2.75) is 26.8 Å². The first-order chi connectivity index (χ1) is 12.8. The van der Waals surface area contributed by atoms with Crippen LogP contribution in [0.2, 0.25) is 0 Å². The Bertz CT molecular complexity index is 886. The number of nitrogens with zero attached hydrogens (tertiary/aromatic N) is 1. The standard InChI is InChI=1S/C21H24N4O2/c1-14-7-5-10-19(15(14)2)24-20(26)13-25(4)16(3)21(27)23-18-9-6-8-17(11-18)12-22/h5-11,16H,13H2,1-4H3,(H,23,27)(H,24,26)/p+1/t16-/m1/s1. The zero-order chi connectivity index (χ0) is 20.0. The summed E-state index contributed by atoms with van der Waals surface area (Å²) in [5, 5.41) is 14.6. The van der Waals surface area contributed by atoms with E-state index in [1.807, 2.05) is 38.1 Å². The van der Waals surface area contributed by atoms with E-state index in [1.54, 1.807) is 38.2 Å². The number of carbonyl (C=O) groups excluding carboxylic acids is 2. The van der Waals surface area contributed by atoms with Crippen LogP contribution >= 0.6 is 0 Å². The normalized spacial score (nSPS) is 12.6. The molecule has 0 aliphatic carbocycles. The zero-order valence-corrected chi connectivity index (χ0v) is 16.1. The fraction of sp³-hybridized carbons (Fsp3) is 0.286. The number of anilines is 2. The number of carbonyl (C=O) groups is 2. The number of nitrogens with one attached hydrogen (secondary N) is 3. The topological polar surface area (TPSA) is 86.4 Å². The summed E-state index contributed by atoms with van der Waals surface area (Å²) in [6, 6.07) is 14.1. The molecule has 2 amide bonds. The Morgan fingerprint density at radius 3 is 2.56 bits per heavy atom. The average molecular weight is 365 g/mol. The van der Waals surface area contributed by atoms with Crippen LogP contribution < -0.4 is 15.5 Å². The minimum absolute atomic E-state index is 0.146. The van der Waals surface area contributed by atoms with E-state index in [0.717, 1.165) is 21.7 Å². The van der Waals surface area contributed by atoms with Crippen molar-refractivity contribution in [3.05, 3.63) is 59.2 Å². The molecule has 140 valence electrons. The summed E-state index contributed by atoms with van der Waals surface area (Å²) >= 11 is 0. The molecule has 2 atom stereocenters. The van der Waals surface area contributed by atoms with Crippen molar-refractivity contribution in [3.63, 3.8) is 0 Å². The lowest BCUT2D eigenvalue weighted by Crippen LogP contribution is -3.14. The predicted molar refractivity (Wildman–Crippen MR) is 106 cm³/mol. The largest absolute Gasteiger partial charge is 0.321 e. The fourth-order valence-corrected chi connectivity index (χ4v) is 2.63. The Morgan fingerprint density at radius 1 is 1.15 bits per heavy atom. The number of amides is 2. The number of hydrogen-bond acceptors (Lipinski definition) is 3. The minimum atomic E-state index is -0.430. The van der Waals surface area contributed by atoms with Crippen molar-refractivity contribution in [3.8, 4) is 6.07 Å². The van der Waals surface area contributed by atoms with Crippen molar-refractivity contribution < 1.29 is 14.5 Å². The number of hydrogen-bond donors (Lipinski definition) is 3. The van der Waals surface area contributed by atoms with E-state index in [0.29, 0.717) is 11.3 Å². The molecule has 0 aromatic heterocycles. The number of nitriles is 1. The number of likely N-dealkylation sites (N-methyl/N-ethyl adjacent to an activating group) is 1. The van der Waals surface area contributed by atoms with Crippen molar-refractivity contribution in [2.24, 2.45) is 0 Å². The van der Waals surface area contributed by atoms with E-state index in [2.05, 4.69) is 10.6 Å². The van der Waals surface area contributed by atoms with Crippen LogP contribution in [0, 0.1) is 25.2 Å². The highest BCUT2D eigenvalue weighted by molar-refractivity contribution is 5.95. The van der Waals surface area contributed by atoms with Gasteiger partial charge in [-0.2, -0.15) is 5.26 Å². The lowest BCUT2D eigenvalue weighted by Gasteiger charge is -2.21. The second-order valence-corrected chi connectivity index (χ2v) is 6.72. The summed E-state index contributed by atoms with van der Waals surface area (Å²) in [7, 11) is 1.80. The molecule has 0 radical (unpaired) electrons. The molecule has 3 N–H and O–H groups in total. The second-order valence-electron chi connectivity index (χ2n) is 6.72. The van der Waals surface area contributed by atoms with Gasteiger partial charge in [0.2, 0.25) is 0 Å². The van der Waals surface area contributed by atoms with Gasteiger partial charge < -0.3 is 15.5 Å². The first-order valence-corrected chi connectivity index (χ1v) is 8.81. The van der Waals surface area contributed by atoms with Crippen LogP contribution in [0.1, 0.15) is 23.6 Å². The lowest BCUT2D eigenvalue weighted by molar-refractivity contribution is -0.885. The van der Waals surface area contributed by atoms with Gasteiger partial charge in [0, 0.05) is 11.4 Å². The third kappa shape index (κ3) is 5.40. The van der Waals surface area contributed by atoms with E-state index in [9.17, 15) is 9.59 Å². The van der Waals surface area contributed by atoms with Gasteiger partial charge in [0.1, 0.15) is 0 Å². The Kier molecular flexibility index (Phi) is 6.69. The highest BCUT2D eigenvalue weighted by atomic mass is 16.2. The monoisotopic (exact) mass is 365 g/mol. The SMILES string of the molecule is Cc1cccc(NC(=O)C[NH+](C)[C@H](C)C(=O)Nc2cccc(C#N)c2)c1C. The molecule has 2 aromatic carbocycles. The van der Waals surface area contributed by atoms with Crippen LogP contribution in [0.3, 0.4) is 0 Å². The van der Waals surface area contributed by atoms with Crippen LogP contribution in [0.5, 0.6) is 0 Å². The Labute approximate surface area is 159 Å². The van der Waals surface area contributed by atoms with Crippen molar-refractivity contribution in [1.82, 2.24) is 0 Å². The Balaban J connectivity index is 1.94. The van der Waals surface area contributed by atoms with Gasteiger partial charge in [-0.15, -0.1) is 0 Å². The molecule has 0 saturated heterocycles. The maximum absolute atomic E-state index is 12.4. The second kappa shape index (κ2) is 8.97. The van der Waals surface area contributed by atoms with E-state index in [-0.39, 0.29) is 18.4 Å². The van der Waals surface area contributed by atoms with Gasteiger partial charge in [-0.3, -0.25) is 9.59 Å². The number of rotatable bonds is 6. The van der Waals surface area contributed by atoms with Gasteiger partial charge in [0.25, 0.3) is 11.8 Å². The van der Waals surface area contributed by atoms with Crippen molar-refractivity contribution >= 4 is 23.2 Å². The van der Waals surface area contributed by atoms with Gasteiger partial charge in [0.05, 0.1) is 18.7 Å². The molecule has 6 heteroatoms. The summed E-state index contributed by atoms with van der Waals surface area (Å²) in [6.45, 7) is 5.90. The molecular weight excluding hydrogens is 340 g/mol.